The molecule has 0 aliphatic carbocycles. The van der Waals surface area contributed by atoms with E-state index in [1.54, 1.807) is 42.5 Å². The highest BCUT2D eigenvalue weighted by Crippen LogP contribution is 2.25. The number of methoxy groups -OCH3 is 1. The zero-order valence-electron chi connectivity index (χ0n) is 28.0. The van der Waals surface area contributed by atoms with Crippen molar-refractivity contribution in [2.24, 2.45) is 5.92 Å². The molecule has 48 heavy (non-hydrogen) atoms. The number of carbonyl (C=O) groups is 4. The van der Waals surface area contributed by atoms with E-state index in [4.69, 9.17) is 9.15 Å². The molecule has 0 saturated carbocycles. The van der Waals surface area contributed by atoms with Crippen LogP contribution in [0.3, 0.4) is 0 Å². The van der Waals surface area contributed by atoms with Crippen molar-refractivity contribution < 1.29 is 33.4 Å². The Morgan fingerprint density at radius 2 is 1.48 bits per heavy atom. The number of hydrogen-bond donors (Lipinski definition) is 2. The highest BCUT2D eigenvalue weighted by molar-refractivity contribution is 5.98. The van der Waals surface area contributed by atoms with Gasteiger partial charge in [0, 0.05) is 35.5 Å². The third-order valence-electron chi connectivity index (χ3n) is 7.05. The number of nitrogens with one attached hydrogen (secondary N) is 1. The monoisotopic (exact) mass is 657 g/mol. The van der Waals surface area contributed by atoms with E-state index in [1.807, 2.05) is 58.0 Å². The number of anilines is 1. The fourth-order valence-electron chi connectivity index (χ4n) is 4.50. The molecule has 2 N–H and O–H groups in total. The lowest BCUT2D eigenvalue weighted by molar-refractivity contribution is -0.138. The molecular formula is C36H43N5O7. The number of ether oxygens (including phenoxy) is 1. The first-order chi connectivity index (χ1) is 23.1. The maximum Gasteiger partial charge on any atom is 0.305 e. The lowest BCUT2D eigenvalue weighted by Crippen LogP contribution is -2.46. The van der Waals surface area contributed by atoms with Crippen molar-refractivity contribution in [1.82, 2.24) is 20.0 Å². The van der Waals surface area contributed by atoms with Crippen molar-refractivity contribution in [2.45, 2.75) is 40.5 Å². The van der Waals surface area contributed by atoms with Gasteiger partial charge in [0.25, 0.3) is 5.91 Å². The number of rotatable bonds is 15. The Bertz CT molecular complexity index is 1640. The van der Waals surface area contributed by atoms with E-state index in [1.165, 1.54) is 23.0 Å². The molecular weight excluding hydrogens is 614 g/mol. The van der Waals surface area contributed by atoms with Gasteiger partial charge in [-0.25, -0.2) is 0 Å². The molecule has 0 unspecified atom stereocenters. The van der Waals surface area contributed by atoms with Gasteiger partial charge in [0.1, 0.15) is 12.3 Å². The second-order valence-electron chi connectivity index (χ2n) is 11.0. The number of hydrogen-bond acceptors (Lipinski definition) is 8. The van der Waals surface area contributed by atoms with E-state index in [0.717, 1.165) is 5.56 Å². The van der Waals surface area contributed by atoms with E-state index < -0.39 is 30.2 Å². The van der Waals surface area contributed by atoms with Gasteiger partial charge < -0.3 is 29.4 Å². The molecule has 4 aromatic rings. The zero-order valence-corrected chi connectivity index (χ0v) is 28.0. The number of carbonyl (C=O) groups excluding carboxylic acids is 3. The second kappa shape index (κ2) is 18.6. The molecule has 3 aromatic carbocycles. The summed E-state index contributed by atoms with van der Waals surface area (Å²) in [5, 5.41) is 20.3. The van der Waals surface area contributed by atoms with E-state index >= 15 is 0 Å². The van der Waals surface area contributed by atoms with Crippen LogP contribution in [-0.4, -0.2) is 82.1 Å². The van der Waals surface area contributed by atoms with E-state index in [-0.39, 0.29) is 37.5 Å². The first-order valence-corrected chi connectivity index (χ1v) is 15.8. The quantitative estimate of drug-likeness (QED) is 0.160. The minimum absolute atomic E-state index is 0.180. The molecule has 0 saturated heterocycles. The smallest absolute Gasteiger partial charge is 0.305 e. The fourth-order valence-corrected chi connectivity index (χ4v) is 4.50. The van der Waals surface area contributed by atoms with E-state index in [0.29, 0.717) is 35.2 Å². The molecule has 0 radical (unpaired) electrons. The number of aliphatic carboxylic acids is 1. The molecule has 0 spiro atoms. The second-order valence-corrected chi connectivity index (χ2v) is 11.0. The van der Waals surface area contributed by atoms with Crippen LogP contribution in [0.15, 0.2) is 83.3 Å². The molecule has 0 aliphatic rings. The fraction of sp³-hybridized carbons (Fsp3) is 0.333. The van der Waals surface area contributed by atoms with Gasteiger partial charge in [0.05, 0.1) is 20.1 Å². The predicted molar refractivity (Wildman–Crippen MR) is 182 cm³/mol. The van der Waals surface area contributed by atoms with Gasteiger partial charge in [-0.05, 0) is 66.9 Å². The summed E-state index contributed by atoms with van der Waals surface area (Å²) < 4.78 is 11.0. The van der Waals surface area contributed by atoms with Crippen LogP contribution >= 0.6 is 0 Å². The summed E-state index contributed by atoms with van der Waals surface area (Å²) in [6, 6.07) is 22.7. The van der Waals surface area contributed by atoms with E-state index in [9.17, 15) is 24.3 Å². The van der Waals surface area contributed by atoms with Gasteiger partial charge >= 0.3 is 5.97 Å². The standard InChI is InChI=1S/C34H37N5O7.C2H6/c1-23(2)16-18-38(30(41)22-39(19-17-31(42)43)34(44)26-10-7-11-28(20-26)45-3)21-29(40)35-27-14-12-25(13-15-27)33-37-36-32(46-33)24-8-5-4-6-9-24;1-2/h4-15,20,23H,16-19,21-22H2,1-3H3,(H,35,40)(H,42,43);1-2H3. The summed E-state index contributed by atoms with van der Waals surface area (Å²) in [7, 11) is 1.47. The van der Waals surface area contributed by atoms with Gasteiger partial charge in [-0.1, -0.05) is 52.0 Å². The maximum absolute atomic E-state index is 13.5. The third-order valence-corrected chi connectivity index (χ3v) is 7.05. The molecule has 0 aliphatic heterocycles. The molecule has 0 bridgehead atoms. The van der Waals surface area contributed by atoms with Crippen LogP contribution in [-0.2, 0) is 14.4 Å². The van der Waals surface area contributed by atoms with Crippen LogP contribution in [0, 0.1) is 5.92 Å². The van der Waals surface area contributed by atoms with Crippen molar-refractivity contribution in [3.05, 3.63) is 84.4 Å². The molecule has 254 valence electrons. The summed E-state index contributed by atoms with van der Waals surface area (Å²) in [6.45, 7) is 7.46. The lowest BCUT2D eigenvalue weighted by Gasteiger charge is -2.28. The van der Waals surface area contributed by atoms with Crippen LogP contribution in [0.1, 0.15) is 50.9 Å². The first-order valence-electron chi connectivity index (χ1n) is 15.8. The van der Waals surface area contributed by atoms with Crippen LogP contribution < -0.4 is 10.1 Å². The van der Waals surface area contributed by atoms with Crippen molar-refractivity contribution in [2.75, 3.05) is 38.6 Å². The summed E-state index contributed by atoms with van der Waals surface area (Å²) >= 11 is 0. The lowest BCUT2D eigenvalue weighted by atomic mass is 10.1. The SMILES string of the molecule is CC.COc1cccc(C(=O)N(CCC(=O)O)CC(=O)N(CCC(C)C)CC(=O)Nc2ccc(-c3nnc(-c4ccccc4)o3)cc2)c1. The van der Waals surface area contributed by atoms with Crippen molar-refractivity contribution in [3.8, 4) is 28.7 Å². The third kappa shape index (κ3) is 11.1. The highest BCUT2D eigenvalue weighted by Gasteiger charge is 2.25. The highest BCUT2D eigenvalue weighted by atomic mass is 16.5. The van der Waals surface area contributed by atoms with Gasteiger partial charge in [-0.2, -0.15) is 0 Å². The maximum atomic E-state index is 13.5. The molecule has 3 amide bonds. The molecule has 0 fully saturated rings. The van der Waals surface area contributed by atoms with Gasteiger partial charge in [-0.15, -0.1) is 10.2 Å². The summed E-state index contributed by atoms with van der Waals surface area (Å²) in [4.78, 5) is 53.8. The summed E-state index contributed by atoms with van der Waals surface area (Å²) in [6.07, 6.45) is 0.282. The largest absolute Gasteiger partial charge is 0.497 e. The van der Waals surface area contributed by atoms with Crippen LogP contribution in [0.4, 0.5) is 5.69 Å². The van der Waals surface area contributed by atoms with Crippen LogP contribution in [0.2, 0.25) is 0 Å². The zero-order chi connectivity index (χ0) is 35.1. The molecule has 0 atom stereocenters. The number of carboxylic acids is 1. The first kappa shape index (κ1) is 36.9. The van der Waals surface area contributed by atoms with Crippen LogP contribution in [0.25, 0.3) is 22.9 Å². The average Bonchev–Trinajstić information content (AvgIpc) is 3.60. The van der Waals surface area contributed by atoms with E-state index in [2.05, 4.69) is 15.5 Å². The molecule has 12 nitrogen and oxygen atoms in total. The molecule has 4 rings (SSSR count). The molecule has 12 heteroatoms. The topological polar surface area (TPSA) is 155 Å². The Kier molecular flexibility index (Phi) is 14.3. The number of carboxylic acid groups (broad SMARTS) is 1. The Morgan fingerprint density at radius 1 is 0.833 bits per heavy atom. The van der Waals surface area contributed by atoms with Gasteiger partial charge in [0.2, 0.25) is 23.6 Å². The van der Waals surface area contributed by atoms with Crippen molar-refractivity contribution in [3.63, 3.8) is 0 Å². The van der Waals surface area contributed by atoms with Crippen LogP contribution in [0.5, 0.6) is 5.75 Å². The number of aromatic nitrogens is 2. The van der Waals surface area contributed by atoms with Gasteiger partial charge in [0.15, 0.2) is 0 Å². The normalized spacial score (nSPS) is 10.5. The number of amides is 3. The summed E-state index contributed by atoms with van der Waals surface area (Å²) in [5.41, 5.74) is 2.23. The summed E-state index contributed by atoms with van der Waals surface area (Å²) in [5.74, 6) is -1.09. The van der Waals surface area contributed by atoms with Crippen molar-refractivity contribution in [1.29, 1.82) is 0 Å². The minimum Gasteiger partial charge on any atom is -0.497 e. The Hall–Kier alpha value is -5.52. The Labute approximate surface area is 280 Å². The number of nitrogens with zero attached hydrogens (tertiary/aromatic N) is 4. The predicted octanol–water partition coefficient (Wildman–Crippen LogP) is 5.87. The number of benzene rings is 3. The Morgan fingerprint density at radius 3 is 2.08 bits per heavy atom. The average molecular weight is 658 g/mol. The molecule has 1 heterocycles. The molecule has 1 aromatic heterocycles. The van der Waals surface area contributed by atoms with Gasteiger partial charge in [-0.3, -0.25) is 19.2 Å². The Balaban J connectivity index is 0.00000307. The minimum atomic E-state index is -1.10. The van der Waals surface area contributed by atoms with Crippen molar-refractivity contribution >= 4 is 29.4 Å².